The number of amides is 2. The highest BCUT2D eigenvalue weighted by Gasteiger charge is 2.51. The van der Waals surface area contributed by atoms with Crippen LogP contribution >= 0.6 is 0 Å². The second-order valence-electron chi connectivity index (χ2n) is 9.11. The second-order valence-corrected chi connectivity index (χ2v) is 9.11. The van der Waals surface area contributed by atoms with Gasteiger partial charge in [0.1, 0.15) is 5.75 Å². The predicted octanol–water partition coefficient (Wildman–Crippen LogP) is 3.52. The van der Waals surface area contributed by atoms with Gasteiger partial charge < -0.3 is 4.74 Å². The first-order valence-corrected chi connectivity index (χ1v) is 10.3. The molecule has 0 heterocycles. The van der Waals surface area contributed by atoms with Crippen molar-refractivity contribution in [1.29, 1.82) is 0 Å². The predicted molar refractivity (Wildman–Crippen MR) is 103 cm³/mol. The summed E-state index contributed by atoms with van der Waals surface area (Å²) in [5, 5.41) is 0. The van der Waals surface area contributed by atoms with Crippen LogP contribution in [0.3, 0.4) is 0 Å². The molecule has 1 aromatic rings. The summed E-state index contributed by atoms with van der Waals surface area (Å²) in [6.45, 7) is 2.29. The number of carbonyl (C=O) groups excluding carboxylic acids is 2. The van der Waals surface area contributed by atoms with E-state index in [1.165, 1.54) is 38.5 Å². The van der Waals surface area contributed by atoms with Crippen molar-refractivity contribution in [1.82, 2.24) is 10.9 Å². The monoisotopic (exact) mass is 370 g/mol. The van der Waals surface area contributed by atoms with E-state index in [0.29, 0.717) is 13.0 Å². The maximum Gasteiger partial charge on any atom is 0.241 e. The summed E-state index contributed by atoms with van der Waals surface area (Å²) in [5.41, 5.74) is 6.48. The fourth-order valence-corrected chi connectivity index (χ4v) is 6.06. The van der Waals surface area contributed by atoms with E-state index in [0.717, 1.165) is 29.1 Å². The van der Waals surface area contributed by atoms with Crippen molar-refractivity contribution in [3.8, 4) is 5.75 Å². The minimum absolute atomic E-state index is 0.0510. The standard InChI is InChI=1S/C22H30N2O3/c1-15-3-2-4-19(7-15)27-6-5-20(25)23-24-21(26)14-22-11-16-8-17(12-22)10-18(9-16)13-22/h2-4,7,16-18H,5-6,8-14H2,1H3,(H,23,25)(H,24,26). The summed E-state index contributed by atoms with van der Waals surface area (Å²) < 4.78 is 5.58. The highest BCUT2D eigenvalue weighted by Crippen LogP contribution is 2.61. The molecule has 146 valence electrons. The van der Waals surface area contributed by atoms with E-state index in [2.05, 4.69) is 10.9 Å². The third-order valence-corrected chi connectivity index (χ3v) is 6.63. The molecule has 5 nitrogen and oxygen atoms in total. The minimum atomic E-state index is -0.221. The van der Waals surface area contributed by atoms with E-state index in [9.17, 15) is 9.59 Å². The van der Waals surface area contributed by atoms with Crippen LogP contribution in [0.4, 0.5) is 0 Å². The molecule has 2 N–H and O–H groups in total. The number of aryl methyl sites for hydroxylation is 1. The van der Waals surface area contributed by atoms with Gasteiger partial charge in [-0.25, -0.2) is 0 Å². The first-order chi connectivity index (χ1) is 13.0. The van der Waals surface area contributed by atoms with Gasteiger partial charge in [-0.3, -0.25) is 20.4 Å². The summed E-state index contributed by atoms with van der Waals surface area (Å²) in [4.78, 5) is 24.4. The zero-order valence-corrected chi connectivity index (χ0v) is 16.1. The van der Waals surface area contributed by atoms with Gasteiger partial charge in [-0.15, -0.1) is 0 Å². The average Bonchev–Trinajstić information content (AvgIpc) is 2.58. The molecule has 4 saturated carbocycles. The second kappa shape index (κ2) is 7.53. The van der Waals surface area contributed by atoms with Gasteiger partial charge in [0, 0.05) is 6.42 Å². The van der Waals surface area contributed by atoms with Crippen LogP contribution in [0.25, 0.3) is 0 Å². The molecule has 5 rings (SSSR count). The molecule has 0 aromatic heterocycles. The lowest BCUT2D eigenvalue weighted by molar-refractivity contribution is -0.134. The molecule has 1 aromatic carbocycles. The molecule has 0 aliphatic heterocycles. The van der Waals surface area contributed by atoms with Crippen molar-refractivity contribution in [3.63, 3.8) is 0 Å². The van der Waals surface area contributed by atoms with Gasteiger partial charge in [0.05, 0.1) is 13.0 Å². The van der Waals surface area contributed by atoms with Crippen LogP contribution in [0.1, 0.15) is 56.9 Å². The van der Waals surface area contributed by atoms with Crippen LogP contribution in [0.15, 0.2) is 24.3 Å². The molecule has 0 atom stereocenters. The van der Waals surface area contributed by atoms with Crippen molar-refractivity contribution >= 4 is 11.8 Å². The fraction of sp³-hybridized carbons (Fsp3) is 0.636. The zero-order valence-electron chi connectivity index (χ0n) is 16.1. The lowest BCUT2D eigenvalue weighted by atomic mass is 9.49. The van der Waals surface area contributed by atoms with Crippen LogP contribution in [-0.4, -0.2) is 18.4 Å². The molecule has 4 bridgehead atoms. The fourth-order valence-electron chi connectivity index (χ4n) is 6.06. The number of hydrogen-bond acceptors (Lipinski definition) is 3. The smallest absolute Gasteiger partial charge is 0.241 e. The zero-order chi connectivity index (χ0) is 18.9. The average molecular weight is 370 g/mol. The van der Waals surface area contributed by atoms with Crippen molar-refractivity contribution in [2.45, 2.75) is 58.3 Å². The quantitative estimate of drug-likeness (QED) is 0.753. The first-order valence-electron chi connectivity index (χ1n) is 10.3. The van der Waals surface area contributed by atoms with Crippen LogP contribution in [0.5, 0.6) is 5.75 Å². The Kier molecular flexibility index (Phi) is 5.11. The molecular weight excluding hydrogens is 340 g/mol. The van der Waals surface area contributed by atoms with Gasteiger partial charge in [-0.2, -0.15) is 0 Å². The lowest BCUT2D eigenvalue weighted by Crippen LogP contribution is -2.50. The molecule has 0 unspecified atom stereocenters. The lowest BCUT2D eigenvalue weighted by Gasteiger charge is -2.56. The van der Waals surface area contributed by atoms with Gasteiger partial charge in [0.25, 0.3) is 0 Å². The Labute approximate surface area is 161 Å². The van der Waals surface area contributed by atoms with E-state index in [-0.39, 0.29) is 23.7 Å². The van der Waals surface area contributed by atoms with Crippen LogP contribution in [0, 0.1) is 30.1 Å². The number of carbonyl (C=O) groups is 2. The molecule has 4 fully saturated rings. The summed E-state index contributed by atoms with van der Waals surface area (Å²) in [6, 6.07) is 7.73. The molecular formula is C22H30N2O3. The summed E-state index contributed by atoms with van der Waals surface area (Å²) in [7, 11) is 0. The highest BCUT2D eigenvalue weighted by molar-refractivity contribution is 5.82. The number of ether oxygens (including phenoxy) is 1. The summed E-state index contributed by atoms with van der Waals surface area (Å²) >= 11 is 0. The van der Waals surface area contributed by atoms with E-state index in [4.69, 9.17) is 4.74 Å². The van der Waals surface area contributed by atoms with Gasteiger partial charge in [-0.1, -0.05) is 12.1 Å². The number of nitrogens with one attached hydrogen (secondary N) is 2. The van der Waals surface area contributed by atoms with E-state index in [1.807, 2.05) is 31.2 Å². The Morgan fingerprint density at radius 2 is 1.67 bits per heavy atom. The van der Waals surface area contributed by atoms with Crippen LogP contribution in [-0.2, 0) is 9.59 Å². The molecule has 5 heteroatoms. The van der Waals surface area contributed by atoms with Gasteiger partial charge in [0.2, 0.25) is 11.8 Å². The van der Waals surface area contributed by atoms with Crippen molar-refractivity contribution in [2.24, 2.45) is 23.2 Å². The van der Waals surface area contributed by atoms with E-state index < -0.39 is 0 Å². The Morgan fingerprint density at radius 1 is 1.04 bits per heavy atom. The molecule has 0 saturated heterocycles. The maximum atomic E-state index is 12.4. The topological polar surface area (TPSA) is 67.4 Å². The molecule has 0 radical (unpaired) electrons. The number of rotatable bonds is 6. The normalized spacial score (nSPS) is 30.8. The third-order valence-electron chi connectivity index (χ3n) is 6.63. The van der Waals surface area contributed by atoms with Crippen molar-refractivity contribution < 1.29 is 14.3 Å². The summed E-state index contributed by atoms with van der Waals surface area (Å²) in [5.74, 6) is 2.98. The third kappa shape index (κ3) is 4.45. The molecule has 4 aliphatic carbocycles. The summed E-state index contributed by atoms with van der Waals surface area (Å²) in [6.07, 6.45) is 8.48. The molecule has 0 spiro atoms. The van der Waals surface area contributed by atoms with Crippen LogP contribution < -0.4 is 15.6 Å². The molecule has 2 amide bonds. The number of hydrazine groups is 1. The minimum Gasteiger partial charge on any atom is -0.493 e. The van der Waals surface area contributed by atoms with Crippen LogP contribution in [0.2, 0.25) is 0 Å². The van der Waals surface area contributed by atoms with E-state index in [1.54, 1.807) is 0 Å². The Morgan fingerprint density at radius 3 is 2.30 bits per heavy atom. The Hall–Kier alpha value is -2.04. The highest BCUT2D eigenvalue weighted by atomic mass is 16.5. The van der Waals surface area contributed by atoms with Gasteiger partial charge in [0.15, 0.2) is 0 Å². The maximum absolute atomic E-state index is 12.4. The van der Waals surface area contributed by atoms with Crippen molar-refractivity contribution in [2.75, 3.05) is 6.61 Å². The van der Waals surface area contributed by atoms with E-state index >= 15 is 0 Å². The van der Waals surface area contributed by atoms with Gasteiger partial charge in [-0.05, 0) is 86.3 Å². The largest absolute Gasteiger partial charge is 0.493 e. The Bertz CT molecular complexity index is 680. The van der Waals surface area contributed by atoms with Gasteiger partial charge >= 0.3 is 0 Å². The SMILES string of the molecule is Cc1cccc(OCCC(=O)NNC(=O)CC23CC4CC(CC(C4)C2)C3)c1. The number of hydrogen-bond donors (Lipinski definition) is 2. The molecule has 27 heavy (non-hydrogen) atoms. The molecule has 4 aliphatic rings. The first kappa shape index (κ1) is 18.3. The Balaban J connectivity index is 1.18. The van der Waals surface area contributed by atoms with Crippen molar-refractivity contribution in [3.05, 3.63) is 29.8 Å². The number of benzene rings is 1.